The molecule has 2 aromatic rings. The molecule has 56 heavy (non-hydrogen) atoms. The average Bonchev–Trinajstić information content (AvgIpc) is 3.13. The smallest absolute Gasteiger partial charge is 0.408 e. The molecule has 1 aliphatic heterocycles. The molecule has 2 bridgehead atoms. The van der Waals surface area contributed by atoms with Gasteiger partial charge in [0.25, 0.3) is 0 Å². The molecule has 1 saturated heterocycles. The number of Topliss-reactive ketones (excluding diaryl/α,β-unsaturated/α-hetero) is 1. The first-order valence-corrected chi connectivity index (χ1v) is 19.4. The van der Waals surface area contributed by atoms with Crippen LogP contribution in [0.4, 0.5) is 4.79 Å². The summed E-state index contributed by atoms with van der Waals surface area (Å²) in [5.74, 6) is -3.48. The van der Waals surface area contributed by atoms with Gasteiger partial charge in [-0.1, -0.05) is 76.2 Å². The first-order valence-electron chi connectivity index (χ1n) is 19.4. The van der Waals surface area contributed by atoms with Crippen molar-refractivity contribution in [1.29, 1.82) is 0 Å². The molecule has 304 valence electrons. The summed E-state index contributed by atoms with van der Waals surface area (Å²) in [5.41, 5.74) is -4.16. The van der Waals surface area contributed by atoms with Gasteiger partial charge >= 0.3 is 18.0 Å². The SMILES string of the molecule is CO[C@H]1C[C@H]2OC[C@@]2(C)C2C(OC(=O)c3ccccc3)[C@]3(O)C[C@H](OC(=O)[C@H](O)[C@@H](NC(=O)OC(C)(C)C)c4ccccc4)C(C)=C([C@@H](C)C(=O)[C@@]21C)C3(C)C. The molecule has 0 radical (unpaired) electrons. The zero-order chi connectivity index (χ0) is 41.2. The van der Waals surface area contributed by atoms with Gasteiger partial charge in [-0.3, -0.25) is 4.79 Å². The molecule has 2 saturated carbocycles. The Hall–Kier alpha value is -4.10. The van der Waals surface area contributed by atoms with Crippen molar-refractivity contribution in [3.05, 3.63) is 82.9 Å². The van der Waals surface area contributed by atoms with Crippen LogP contribution in [0.3, 0.4) is 0 Å². The van der Waals surface area contributed by atoms with Crippen LogP contribution in [0.2, 0.25) is 0 Å². The molecule has 3 fully saturated rings. The molecule has 4 aliphatic rings. The number of hydrogen-bond acceptors (Lipinski definition) is 11. The molecule has 3 N–H and O–H groups in total. The summed E-state index contributed by atoms with van der Waals surface area (Å²) < 4.78 is 30.3. The van der Waals surface area contributed by atoms with Gasteiger partial charge in [-0.05, 0) is 63.5 Å². The topological polar surface area (TPSA) is 167 Å². The number of amides is 1. The van der Waals surface area contributed by atoms with Gasteiger partial charge < -0.3 is 39.2 Å². The molecular formula is C44H57NO11. The Morgan fingerprint density at radius 3 is 2.12 bits per heavy atom. The van der Waals surface area contributed by atoms with Gasteiger partial charge in [0.1, 0.15) is 29.2 Å². The summed E-state index contributed by atoms with van der Waals surface area (Å²) in [5, 5.41) is 27.8. The van der Waals surface area contributed by atoms with Crippen molar-refractivity contribution < 1.29 is 53.1 Å². The van der Waals surface area contributed by atoms with Crippen LogP contribution in [-0.2, 0) is 33.3 Å². The van der Waals surface area contributed by atoms with E-state index < -0.39 is 87.8 Å². The minimum absolute atomic E-state index is 0.149. The van der Waals surface area contributed by atoms with Crippen LogP contribution in [0.25, 0.3) is 0 Å². The van der Waals surface area contributed by atoms with Gasteiger partial charge in [0.05, 0.1) is 35.8 Å². The molecule has 12 nitrogen and oxygen atoms in total. The number of ether oxygens (including phenoxy) is 5. The van der Waals surface area contributed by atoms with E-state index in [1.807, 2.05) is 27.7 Å². The Labute approximate surface area is 329 Å². The Morgan fingerprint density at radius 2 is 1.57 bits per heavy atom. The van der Waals surface area contributed by atoms with Gasteiger partial charge in [0, 0.05) is 42.6 Å². The van der Waals surface area contributed by atoms with Crippen LogP contribution in [0, 0.1) is 28.1 Å². The summed E-state index contributed by atoms with van der Waals surface area (Å²) in [4.78, 5) is 56.5. The molecule has 6 rings (SSSR count). The maximum absolute atomic E-state index is 15.3. The second-order valence-electron chi connectivity index (χ2n) is 18.1. The molecule has 11 atom stereocenters. The van der Waals surface area contributed by atoms with Gasteiger partial charge in [-0.15, -0.1) is 0 Å². The third-order valence-electron chi connectivity index (χ3n) is 13.2. The second kappa shape index (κ2) is 14.7. The minimum Gasteiger partial charge on any atom is -0.456 e. The van der Waals surface area contributed by atoms with E-state index in [0.717, 1.165) is 0 Å². The molecule has 2 aromatic carbocycles. The Morgan fingerprint density at radius 1 is 0.964 bits per heavy atom. The number of benzene rings is 2. The van der Waals surface area contributed by atoms with Crippen LogP contribution in [0.1, 0.15) is 97.1 Å². The van der Waals surface area contributed by atoms with Crippen molar-refractivity contribution in [2.45, 2.75) is 123 Å². The van der Waals surface area contributed by atoms with E-state index in [-0.39, 0.29) is 30.5 Å². The first kappa shape index (κ1) is 41.5. The monoisotopic (exact) mass is 775 g/mol. The number of nitrogens with one attached hydrogen (secondary N) is 1. The molecule has 2 unspecified atom stereocenters. The molecule has 3 aliphatic carbocycles. The zero-order valence-corrected chi connectivity index (χ0v) is 34.1. The average molecular weight is 776 g/mol. The lowest BCUT2D eigenvalue weighted by molar-refractivity contribution is -0.315. The molecule has 1 heterocycles. The largest absolute Gasteiger partial charge is 0.456 e. The number of carbonyl (C=O) groups is 4. The lowest BCUT2D eigenvalue weighted by atomic mass is 9.41. The van der Waals surface area contributed by atoms with E-state index in [1.165, 1.54) is 0 Å². The molecule has 12 heteroatoms. The van der Waals surface area contributed by atoms with Gasteiger partial charge in [-0.2, -0.15) is 0 Å². The van der Waals surface area contributed by atoms with E-state index in [4.69, 9.17) is 23.7 Å². The Bertz CT molecular complexity index is 1870. The van der Waals surface area contributed by atoms with Gasteiger partial charge in [0.2, 0.25) is 0 Å². The number of hydrogen-bond donors (Lipinski definition) is 3. The highest BCUT2D eigenvalue weighted by Crippen LogP contribution is 2.66. The normalized spacial score (nSPS) is 34.6. The van der Waals surface area contributed by atoms with E-state index in [9.17, 15) is 24.6 Å². The van der Waals surface area contributed by atoms with Crippen LogP contribution in [0.5, 0.6) is 0 Å². The number of rotatable bonds is 8. The van der Waals surface area contributed by atoms with Crippen LogP contribution >= 0.6 is 0 Å². The highest BCUT2D eigenvalue weighted by atomic mass is 16.6. The number of aliphatic hydroxyl groups is 2. The number of fused-ring (bicyclic) bond motifs is 5. The quantitative estimate of drug-likeness (QED) is 0.166. The predicted molar refractivity (Wildman–Crippen MR) is 205 cm³/mol. The van der Waals surface area contributed by atoms with Crippen molar-refractivity contribution in [3.63, 3.8) is 0 Å². The fourth-order valence-corrected chi connectivity index (χ4v) is 10.4. The fourth-order valence-electron chi connectivity index (χ4n) is 10.4. The number of alkyl carbamates (subject to hydrolysis) is 1. The third kappa shape index (κ3) is 6.76. The maximum atomic E-state index is 15.3. The summed E-state index contributed by atoms with van der Waals surface area (Å²) in [6.45, 7) is 16.4. The van der Waals surface area contributed by atoms with Crippen LogP contribution in [-0.4, -0.2) is 89.5 Å². The highest BCUT2D eigenvalue weighted by molar-refractivity contribution is 5.92. The van der Waals surface area contributed by atoms with Gasteiger partial charge in [-0.25, -0.2) is 14.4 Å². The lowest BCUT2D eigenvalue weighted by Crippen LogP contribution is -2.77. The number of aliphatic hydroxyl groups excluding tert-OH is 1. The summed E-state index contributed by atoms with van der Waals surface area (Å²) in [6, 6.07) is 15.7. The zero-order valence-electron chi connectivity index (χ0n) is 34.1. The number of ketones is 1. The van der Waals surface area contributed by atoms with Gasteiger partial charge in [0.15, 0.2) is 6.10 Å². The van der Waals surface area contributed by atoms with Crippen LogP contribution in [0.15, 0.2) is 71.8 Å². The molecule has 1 amide bonds. The number of esters is 2. The lowest BCUT2D eigenvalue weighted by Gasteiger charge is -2.68. The molecule has 0 aromatic heterocycles. The van der Waals surface area contributed by atoms with E-state index in [1.54, 1.807) is 102 Å². The summed E-state index contributed by atoms with van der Waals surface area (Å²) in [6.07, 6.45) is -5.99. The van der Waals surface area contributed by atoms with E-state index in [0.29, 0.717) is 23.1 Å². The van der Waals surface area contributed by atoms with Crippen molar-refractivity contribution in [2.75, 3.05) is 13.7 Å². The first-order chi connectivity index (χ1) is 26.1. The minimum atomic E-state index is -1.94. The Balaban J connectivity index is 1.46. The third-order valence-corrected chi connectivity index (χ3v) is 13.2. The van der Waals surface area contributed by atoms with Crippen molar-refractivity contribution in [2.24, 2.45) is 28.1 Å². The standard InChI is InChI=1S/C44H57NO11/c1-24-28(54-38(49)33(46)32(26-17-13-11-14-18-26)45-39(50)56-40(3,4)5)22-44(51)36(55-37(48)27-19-15-12-16-20-27)34-42(8)23-53-29(42)21-30(52-10)43(34,9)35(47)25(2)31(24)41(44,6)7/h11-20,25,28-30,32-34,36,46,51H,21-23H2,1-10H3,(H,45,50)/t25-,28+,29-,30+,32+,33-,34?,36?,42-,43-,44-/m1/s1. The maximum Gasteiger partial charge on any atom is 0.408 e. The second-order valence-corrected chi connectivity index (χ2v) is 18.1. The molecular weight excluding hydrogens is 718 g/mol. The van der Waals surface area contributed by atoms with E-state index >= 15 is 4.79 Å². The molecule has 0 spiro atoms. The fraction of sp³-hybridized carbons (Fsp3) is 0.591. The summed E-state index contributed by atoms with van der Waals surface area (Å²) in [7, 11) is 1.56. The van der Waals surface area contributed by atoms with Crippen molar-refractivity contribution >= 4 is 23.8 Å². The Kier molecular flexibility index (Phi) is 10.9. The number of carbonyl (C=O) groups excluding carboxylic acids is 4. The highest BCUT2D eigenvalue weighted by Gasteiger charge is 2.75. The van der Waals surface area contributed by atoms with E-state index in [2.05, 4.69) is 5.32 Å². The van der Waals surface area contributed by atoms with Crippen molar-refractivity contribution in [1.82, 2.24) is 5.32 Å². The summed E-state index contributed by atoms with van der Waals surface area (Å²) >= 11 is 0. The predicted octanol–water partition coefficient (Wildman–Crippen LogP) is 5.89. The van der Waals surface area contributed by atoms with Crippen molar-refractivity contribution in [3.8, 4) is 0 Å². The van der Waals surface area contributed by atoms with Crippen LogP contribution < -0.4 is 5.32 Å². The number of methoxy groups -OCH3 is 1.